The second kappa shape index (κ2) is 8.78. The van der Waals surface area contributed by atoms with Crippen LogP contribution in [0.2, 0.25) is 0 Å². The summed E-state index contributed by atoms with van der Waals surface area (Å²) in [5.74, 6) is -0.217. The van der Waals surface area contributed by atoms with Crippen LogP contribution in [0.4, 0.5) is 0 Å². The van der Waals surface area contributed by atoms with Gasteiger partial charge in [-0.2, -0.15) is 4.31 Å². The molecule has 1 aromatic carbocycles. The molecule has 1 fully saturated rings. The predicted octanol–water partition coefficient (Wildman–Crippen LogP) is 2.11. The van der Waals surface area contributed by atoms with Gasteiger partial charge in [0, 0.05) is 31.2 Å². The van der Waals surface area contributed by atoms with E-state index in [1.54, 1.807) is 19.2 Å². The van der Waals surface area contributed by atoms with E-state index in [1.807, 2.05) is 6.92 Å². The third-order valence-corrected chi connectivity index (χ3v) is 6.69. The van der Waals surface area contributed by atoms with E-state index in [1.165, 1.54) is 22.9 Å². The van der Waals surface area contributed by atoms with Gasteiger partial charge in [0.1, 0.15) is 0 Å². The number of benzene rings is 1. The number of hydrogen-bond acceptors (Lipinski definition) is 4. The Hall–Kier alpha value is -1.44. The lowest BCUT2D eigenvalue weighted by Crippen LogP contribution is -2.38. The quantitative estimate of drug-likeness (QED) is 0.772. The number of amides is 1. The number of hydrogen-bond donors (Lipinski definition) is 2. The molecule has 0 bridgehead atoms. The van der Waals surface area contributed by atoms with Gasteiger partial charge in [0.05, 0.1) is 4.90 Å². The highest BCUT2D eigenvalue weighted by molar-refractivity contribution is 7.89. The Bertz CT molecular complexity index is 665. The van der Waals surface area contributed by atoms with Crippen molar-refractivity contribution in [3.8, 4) is 0 Å². The van der Waals surface area contributed by atoms with Gasteiger partial charge in [-0.15, -0.1) is 0 Å². The Morgan fingerprint density at radius 1 is 1.24 bits per heavy atom. The van der Waals surface area contributed by atoms with Crippen molar-refractivity contribution in [3.05, 3.63) is 29.8 Å². The molecule has 1 aliphatic rings. The van der Waals surface area contributed by atoms with Crippen molar-refractivity contribution in [2.75, 3.05) is 13.6 Å². The normalized spacial score (nSPS) is 17.4. The van der Waals surface area contributed by atoms with Crippen LogP contribution in [0.1, 0.15) is 55.8 Å². The summed E-state index contributed by atoms with van der Waals surface area (Å²) in [6.45, 7) is 2.38. The molecule has 0 aromatic heterocycles. The molecule has 3 N–H and O–H groups in total. The smallest absolute Gasteiger partial charge is 0.251 e. The first kappa shape index (κ1) is 19.9. The van der Waals surface area contributed by atoms with Crippen molar-refractivity contribution in [2.24, 2.45) is 5.73 Å². The number of rotatable bonds is 7. The number of sulfonamides is 1. The summed E-state index contributed by atoms with van der Waals surface area (Å²) in [6, 6.07) is 6.23. The first-order chi connectivity index (χ1) is 11.8. The van der Waals surface area contributed by atoms with Gasteiger partial charge in [0.25, 0.3) is 5.91 Å². The monoisotopic (exact) mass is 367 g/mol. The molecule has 1 aromatic rings. The molecule has 1 unspecified atom stereocenters. The summed E-state index contributed by atoms with van der Waals surface area (Å²) >= 11 is 0. The molecule has 1 aliphatic carbocycles. The average Bonchev–Trinajstić information content (AvgIpc) is 2.61. The number of carbonyl (C=O) groups excluding carboxylic acids is 1. The molecule has 7 heteroatoms. The van der Waals surface area contributed by atoms with Crippen molar-refractivity contribution < 1.29 is 13.2 Å². The molecule has 2 rings (SSSR count). The molecule has 140 valence electrons. The van der Waals surface area contributed by atoms with E-state index in [2.05, 4.69) is 5.32 Å². The SMILES string of the molecule is CC(N)CCNC(=O)c1ccc(S(=O)(=O)N(C)C2CCCCC2)cc1. The zero-order valence-corrected chi connectivity index (χ0v) is 15.9. The summed E-state index contributed by atoms with van der Waals surface area (Å²) in [5.41, 5.74) is 6.10. The molecule has 0 aliphatic heterocycles. The Morgan fingerprint density at radius 2 is 1.84 bits per heavy atom. The van der Waals surface area contributed by atoms with Crippen molar-refractivity contribution in [1.82, 2.24) is 9.62 Å². The molecule has 1 amide bonds. The van der Waals surface area contributed by atoms with E-state index in [-0.39, 0.29) is 22.9 Å². The Labute approximate surface area is 150 Å². The van der Waals surface area contributed by atoms with E-state index < -0.39 is 10.0 Å². The molecule has 0 heterocycles. The molecular weight excluding hydrogens is 338 g/mol. The first-order valence-corrected chi connectivity index (χ1v) is 10.4. The summed E-state index contributed by atoms with van der Waals surface area (Å²) in [6.07, 6.45) is 5.85. The van der Waals surface area contributed by atoms with Gasteiger partial charge in [-0.05, 0) is 50.5 Å². The molecule has 6 nitrogen and oxygen atoms in total. The highest BCUT2D eigenvalue weighted by atomic mass is 32.2. The molecular formula is C18H29N3O3S. The van der Waals surface area contributed by atoms with Gasteiger partial charge in [-0.1, -0.05) is 19.3 Å². The third-order valence-electron chi connectivity index (χ3n) is 4.77. The lowest BCUT2D eigenvalue weighted by atomic mass is 9.96. The number of nitrogens with two attached hydrogens (primary N) is 1. The zero-order chi connectivity index (χ0) is 18.4. The fraction of sp³-hybridized carbons (Fsp3) is 0.611. The number of carbonyl (C=O) groups is 1. The van der Waals surface area contributed by atoms with E-state index in [4.69, 9.17) is 5.73 Å². The van der Waals surface area contributed by atoms with Gasteiger partial charge in [-0.3, -0.25) is 4.79 Å². The van der Waals surface area contributed by atoms with Crippen molar-refractivity contribution in [1.29, 1.82) is 0 Å². The van der Waals surface area contributed by atoms with Crippen molar-refractivity contribution in [3.63, 3.8) is 0 Å². The van der Waals surface area contributed by atoms with Gasteiger partial charge in [0.2, 0.25) is 10.0 Å². The van der Waals surface area contributed by atoms with Crippen LogP contribution in [-0.2, 0) is 10.0 Å². The van der Waals surface area contributed by atoms with Crippen LogP contribution in [0.5, 0.6) is 0 Å². The van der Waals surface area contributed by atoms with Gasteiger partial charge in [-0.25, -0.2) is 8.42 Å². The standard InChI is InChI=1S/C18H29N3O3S/c1-14(19)12-13-20-18(22)15-8-10-17(11-9-15)25(23,24)21(2)16-6-4-3-5-7-16/h8-11,14,16H,3-7,12-13,19H2,1-2H3,(H,20,22). The topological polar surface area (TPSA) is 92.5 Å². The summed E-state index contributed by atoms with van der Waals surface area (Å²) in [4.78, 5) is 12.3. The Kier molecular flexibility index (Phi) is 6.98. The maximum atomic E-state index is 12.8. The summed E-state index contributed by atoms with van der Waals surface area (Å²) < 4.78 is 27.0. The third kappa shape index (κ3) is 5.26. The second-order valence-corrected chi connectivity index (χ2v) is 8.86. The minimum absolute atomic E-state index is 0.0307. The van der Waals surface area contributed by atoms with E-state index >= 15 is 0 Å². The average molecular weight is 368 g/mol. The Balaban J connectivity index is 2.03. The maximum absolute atomic E-state index is 12.8. The highest BCUT2D eigenvalue weighted by Crippen LogP contribution is 2.26. The van der Waals surface area contributed by atoms with Crippen LogP contribution < -0.4 is 11.1 Å². The fourth-order valence-corrected chi connectivity index (χ4v) is 4.52. The first-order valence-electron chi connectivity index (χ1n) is 8.94. The van der Waals surface area contributed by atoms with Gasteiger partial charge < -0.3 is 11.1 Å². The van der Waals surface area contributed by atoms with Crippen molar-refractivity contribution in [2.45, 2.75) is 62.4 Å². The van der Waals surface area contributed by atoms with Crippen LogP contribution in [0.25, 0.3) is 0 Å². The van der Waals surface area contributed by atoms with Crippen LogP contribution in [0.3, 0.4) is 0 Å². The lowest BCUT2D eigenvalue weighted by Gasteiger charge is -2.30. The minimum atomic E-state index is -3.52. The van der Waals surface area contributed by atoms with E-state index in [0.717, 1.165) is 25.7 Å². The van der Waals surface area contributed by atoms with Crippen LogP contribution in [0, 0.1) is 0 Å². The maximum Gasteiger partial charge on any atom is 0.251 e. The van der Waals surface area contributed by atoms with Gasteiger partial charge >= 0.3 is 0 Å². The minimum Gasteiger partial charge on any atom is -0.352 e. The number of nitrogens with one attached hydrogen (secondary N) is 1. The van der Waals surface area contributed by atoms with Crippen LogP contribution in [-0.4, -0.2) is 44.3 Å². The van der Waals surface area contributed by atoms with Crippen LogP contribution >= 0.6 is 0 Å². The summed E-state index contributed by atoms with van der Waals surface area (Å²) in [5, 5.41) is 2.78. The van der Waals surface area contributed by atoms with E-state index in [9.17, 15) is 13.2 Å². The molecule has 0 spiro atoms. The lowest BCUT2D eigenvalue weighted by molar-refractivity contribution is 0.0952. The largest absolute Gasteiger partial charge is 0.352 e. The van der Waals surface area contributed by atoms with Gasteiger partial charge in [0.15, 0.2) is 0 Å². The molecule has 1 atom stereocenters. The molecule has 25 heavy (non-hydrogen) atoms. The highest BCUT2D eigenvalue weighted by Gasteiger charge is 2.29. The zero-order valence-electron chi connectivity index (χ0n) is 15.1. The Morgan fingerprint density at radius 3 is 2.40 bits per heavy atom. The number of nitrogens with zero attached hydrogens (tertiary/aromatic N) is 1. The molecule has 0 radical (unpaired) electrons. The second-order valence-electron chi connectivity index (χ2n) is 6.86. The molecule has 1 saturated carbocycles. The van der Waals surface area contributed by atoms with Crippen LogP contribution in [0.15, 0.2) is 29.2 Å². The van der Waals surface area contributed by atoms with E-state index in [0.29, 0.717) is 18.5 Å². The molecule has 0 saturated heterocycles. The summed E-state index contributed by atoms with van der Waals surface area (Å²) in [7, 11) is -1.87. The predicted molar refractivity (Wildman–Crippen MR) is 98.9 cm³/mol. The fourth-order valence-electron chi connectivity index (χ4n) is 3.10. The van der Waals surface area contributed by atoms with Crippen molar-refractivity contribution >= 4 is 15.9 Å².